The van der Waals surface area contributed by atoms with Gasteiger partial charge in [0.1, 0.15) is 0 Å². The van der Waals surface area contributed by atoms with Crippen LogP contribution in [0.4, 0.5) is 4.39 Å². The highest BCUT2D eigenvalue weighted by Gasteiger charge is 2.22. The van der Waals surface area contributed by atoms with E-state index in [0.29, 0.717) is 18.9 Å². The summed E-state index contributed by atoms with van der Waals surface area (Å²) in [4.78, 5) is 29.1. The molecule has 0 atom stereocenters. The molecule has 0 unspecified atom stereocenters. The van der Waals surface area contributed by atoms with Gasteiger partial charge in [0.25, 0.3) is 5.91 Å². The number of carbonyl (C=O) groups excluding carboxylic acids is 2. The summed E-state index contributed by atoms with van der Waals surface area (Å²) in [5.74, 6) is -0.361. The monoisotopic (exact) mass is 471 g/mol. The lowest BCUT2D eigenvalue weighted by Gasteiger charge is -2.32. The molecule has 5 nitrogen and oxygen atoms in total. The molecule has 1 N–H and O–H groups in total. The van der Waals surface area contributed by atoms with Crippen molar-refractivity contribution in [3.8, 4) is 0 Å². The molecule has 1 saturated heterocycles. The van der Waals surface area contributed by atoms with Crippen LogP contribution in [0.5, 0.6) is 0 Å². The number of hydrogen-bond acceptors (Lipinski definition) is 3. The van der Waals surface area contributed by atoms with Crippen LogP contribution in [0.3, 0.4) is 0 Å². The highest BCUT2D eigenvalue weighted by Crippen LogP contribution is 2.17. The molecule has 0 radical (unpaired) electrons. The minimum atomic E-state index is -0.657. The zero-order valence-electron chi connectivity index (χ0n) is 21.6. The zero-order valence-corrected chi connectivity index (χ0v) is 21.6. The lowest BCUT2D eigenvalue weighted by Crippen LogP contribution is -2.41. The van der Waals surface area contributed by atoms with E-state index < -0.39 is 5.95 Å². The van der Waals surface area contributed by atoms with Crippen LogP contribution < -0.4 is 5.32 Å². The van der Waals surface area contributed by atoms with Gasteiger partial charge in [-0.1, -0.05) is 63.9 Å². The van der Waals surface area contributed by atoms with E-state index in [9.17, 15) is 14.0 Å². The fourth-order valence-electron chi connectivity index (χ4n) is 3.47. The molecule has 2 amide bonds. The molecular weight excluding hydrogens is 429 g/mol. The quantitative estimate of drug-likeness (QED) is 0.529. The number of aryl methyl sites for hydroxylation is 2. The molecule has 1 fully saturated rings. The fourth-order valence-corrected chi connectivity index (χ4v) is 3.47. The second-order valence-corrected chi connectivity index (χ2v) is 8.70. The number of nitrogens with one attached hydrogen (secondary N) is 1. The first-order chi connectivity index (χ1) is 16.3. The molecular formula is C28H42FN3O2. The lowest BCUT2D eigenvalue weighted by atomic mass is 9.96. The average Bonchev–Trinajstić information content (AvgIpc) is 2.84. The van der Waals surface area contributed by atoms with Crippen LogP contribution in [-0.4, -0.2) is 41.3 Å². The van der Waals surface area contributed by atoms with E-state index in [4.69, 9.17) is 0 Å². The summed E-state index contributed by atoms with van der Waals surface area (Å²) in [6, 6.07) is 11.3. The summed E-state index contributed by atoms with van der Waals surface area (Å²) in [5.41, 5.74) is 3.04. The molecule has 34 heavy (non-hydrogen) atoms. The van der Waals surface area contributed by atoms with Crippen LogP contribution >= 0.6 is 0 Å². The second-order valence-electron chi connectivity index (χ2n) is 8.70. The number of benzene rings is 1. The standard InChI is InChI=1S/C16H22FN3O2.C9H12.C3H8/c1-2-3-15(21)20-8-5-12(6-9-20)11-19-16(22)13-4-7-18-14(17)10-13;1-3-9-6-4-8(2)5-7-9;1-3-2/h4,7,10,12H,2-3,5-6,8-9,11H2,1H3,(H,19,22);4-7H,3H2,1-2H3;3H2,1-2H3. The van der Waals surface area contributed by atoms with E-state index in [1.54, 1.807) is 0 Å². The van der Waals surface area contributed by atoms with Crippen molar-refractivity contribution in [1.29, 1.82) is 0 Å². The van der Waals surface area contributed by atoms with Crippen molar-refractivity contribution in [1.82, 2.24) is 15.2 Å². The molecule has 3 rings (SSSR count). The van der Waals surface area contributed by atoms with Gasteiger partial charge in [-0.3, -0.25) is 9.59 Å². The van der Waals surface area contributed by atoms with E-state index in [0.717, 1.165) is 44.8 Å². The number of hydrogen-bond donors (Lipinski definition) is 1. The van der Waals surface area contributed by atoms with Gasteiger partial charge in [0.15, 0.2) is 0 Å². The number of halogens is 1. The van der Waals surface area contributed by atoms with E-state index in [1.165, 1.54) is 29.8 Å². The maximum absolute atomic E-state index is 13.0. The second kappa shape index (κ2) is 16.8. The van der Waals surface area contributed by atoms with E-state index in [1.807, 2.05) is 11.8 Å². The van der Waals surface area contributed by atoms with Crippen LogP contribution in [0.25, 0.3) is 0 Å². The lowest BCUT2D eigenvalue weighted by molar-refractivity contribution is -0.132. The smallest absolute Gasteiger partial charge is 0.251 e. The van der Waals surface area contributed by atoms with Crippen molar-refractivity contribution < 1.29 is 14.0 Å². The van der Waals surface area contributed by atoms with E-state index in [2.05, 4.69) is 62.3 Å². The molecule has 1 aliphatic rings. The molecule has 188 valence electrons. The first-order valence-electron chi connectivity index (χ1n) is 12.6. The summed E-state index contributed by atoms with van der Waals surface area (Å²) in [7, 11) is 0. The molecule has 2 heterocycles. The number of carbonyl (C=O) groups is 2. The largest absolute Gasteiger partial charge is 0.352 e. The first-order valence-corrected chi connectivity index (χ1v) is 12.6. The van der Waals surface area contributed by atoms with Crippen molar-refractivity contribution >= 4 is 11.8 Å². The van der Waals surface area contributed by atoms with Crippen LogP contribution in [0.2, 0.25) is 0 Å². The van der Waals surface area contributed by atoms with Gasteiger partial charge in [0, 0.05) is 43.9 Å². The molecule has 0 saturated carbocycles. The molecule has 1 aromatic heterocycles. The van der Waals surface area contributed by atoms with Gasteiger partial charge < -0.3 is 10.2 Å². The Morgan fingerprint density at radius 1 is 1.06 bits per heavy atom. The number of likely N-dealkylation sites (tertiary alicyclic amines) is 1. The zero-order chi connectivity index (χ0) is 25.3. The maximum atomic E-state index is 13.0. The van der Waals surface area contributed by atoms with Gasteiger partial charge in [-0.15, -0.1) is 0 Å². The molecule has 6 heteroatoms. The van der Waals surface area contributed by atoms with Gasteiger partial charge >= 0.3 is 0 Å². The maximum Gasteiger partial charge on any atom is 0.251 e. The number of pyridine rings is 1. The Labute approximate surface area is 205 Å². The summed E-state index contributed by atoms with van der Waals surface area (Å²) in [6.07, 6.45) is 6.93. The van der Waals surface area contributed by atoms with Crippen LogP contribution in [0.15, 0.2) is 42.6 Å². The average molecular weight is 472 g/mol. The third-order valence-electron chi connectivity index (χ3n) is 5.50. The molecule has 1 aromatic carbocycles. The van der Waals surface area contributed by atoms with Crippen molar-refractivity contribution in [3.05, 3.63) is 65.2 Å². The van der Waals surface area contributed by atoms with Crippen molar-refractivity contribution in [3.63, 3.8) is 0 Å². The fraction of sp³-hybridized carbons (Fsp3) is 0.536. The van der Waals surface area contributed by atoms with Crippen LogP contribution in [0, 0.1) is 18.8 Å². The Bertz CT molecular complexity index is 847. The van der Waals surface area contributed by atoms with Crippen molar-refractivity contribution in [2.75, 3.05) is 19.6 Å². The normalized spacial score (nSPS) is 13.2. The Morgan fingerprint density at radius 3 is 2.21 bits per heavy atom. The summed E-state index contributed by atoms with van der Waals surface area (Å²) < 4.78 is 13.0. The molecule has 2 aromatic rings. The number of rotatable bonds is 6. The first kappa shape index (κ1) is 29.3. The minimum Gasteiger partial charge on any atom is -0.352 e. The number of amides is 2. The number of piperidine rings is 1. The Kier molecular flexibility index (Phi) is 14.5. The SMILES string of the molecule is CCC.CCCC(=O)N1CCC(CNC(=O)c2ccnc(F)c2)CC1.CCc1ccc(C)cc1. The number of nitrogens with zero attached hydrogens (tertiary/aromatic N) is 2. The minimum absolute atomic E-state index is 0.220. The van der Waals surface area contributed by atoms with E-state index in [-0.39, 0.29) is 17.4 Å². The van der Waals surface area contributed by atoms with Gasteiger partial charge in [-0.2, -0.15) is 4.39 Å². The topological polar surface area (TPSA) is 62.3 Å². The van der Waals surface area contributed by atoms with Gasteiger partial charge in [-0.25, -0.2) is 4.98 Å². The summed E-state index contributed by atoms with van der Waals surface area (Å²) in [5, 5.41) is 2.83. The van der Waals surface area contributed by atoms with Gasteiger partial charge in [-0.05, 0) is 50.2 Å². The van der Waals surface area contributed by atoms with Crippen molar-refractivity contribution in [2.24, 2.45) is 5.92 Å². The summed E-state index contributed by atoms with van der Waals surface area (Å²) in [6.45, 7) is 12.6. The Hall–Kier alpha value is -2.76. The molecule has 1 aliphatic heterocycles. The van der Waals surface area contributed by atoms with Gasteiger partial charge in [0.2, 0.25) is 11.9 Å². The summed E-state index contributed by atoms with van der Waals surface area (Å²) >= 11 is 0. The third-order valence-corrected chi connectivity index (χ3v) is 5.50. The van der Waals surface area contributed by atoms with Gasteiger partial charge in [0.05, 0.1) is 0 Å². The molecule has 0 bridgehead atoms. The van der Waals surface area contributed by atoms with Crippen molar-refractivity contribution in [2.45, 2.75) is 73.1 Å². The predicted molar refractivity (Wildman–Crippen MR) is 137 cm³/mol. The Morgan fingerprint density at radius 2 is 1.68 bits per heavy atom. The molecule has 0 spiro atoms. The van der Waals surface area contributed by atoms with E-state index >= 15 is 0 Å². The molecule has 0 aliphatic carbocycles. The highest BCUT2D eigenvalue weighted by molar-refractivity contribution is 5.94. The van der Waals surface area contributed by atoms with Crippen LogP contribution in [0.1, 0.15) is 81.3 Å². The Balaban J connectivity index is 0.000000398. The highest BCUT2D eigenvalue weighted by atomic mass is 19.1. The third kappa shape index (κ3) is 11.4. The predicted octanol–water partition coefficient (Wildman–Crippen LogP) is 5.96. The number of aromatic nitrogens is 1. The van der Waals surface area contributed by atoms with Crippen LogP contribution in [-0.2, 0) is 11.2 Å².